The van der Waals surface area contributed by atoms with Crippen LogP contribution in [0, 0.1) is 0 Å². The number of para-hydroxylation sites is 1. The van der Waals surface area contributed by atoms with Crippen molar-refractivity contribution in [2.24, 2.45) is 0 Å². The van der Waals surface area contributed by atoms with Gasteiger partial charge in [0, 0.05) is 11.6 Å². The van der Waals surface area contributed by atoms with Crippen LogP contribution in [0.3, 0.4) is 0 Å². The van der Waals surface area contributed by atoms with Crippen molar-refractivity contribution in [3.63, 3.8) is 0 Å². The average Bonchev–Trinajstić information content (AvgIpc) is 2.50. The van der Waals surface area contributed by atoms with Crippen LogP contribution in [-0.4, -0.2) is 22.1 Å². The number of fused-ring (bicyclic) bond motifs is 1. The van der Waals surface area contributed by atoms with E-state index in [1.165, 1.54) is 13.4 Å². The van der Waals surface area contributed by atoms with E-state index in [1.807, 2.05) is 30.3 Å². The Labute approximate surface area is 115 Å². The molecule has 0 unspecified atom stereocenters. The minimum Gasteiger partial charge on any atom is -0.479 e. The van der Waals surface area contributed by atoms with E-state index in [9.17, 15) is 0 Å². The number of nitrogens with two attached hydrogens (primary N) is 1. The zero-order valence-corrected chi connectivity index (χ0v) is 10.9. The van der Waals surface area contributed by atoms with Gasteiger partial charge in [0.05, 0.1) is 18.3 Å². The number of nitrogens with zero attached hydrogens (tertiary/aromatic N) is 3. The fraction of sp³-hybridized carbons (Fsp3) is 0.0714. The van der Waals surface area contributed by atoms with Crippen molar-refractivity contribution in [2.75, 3.05) is 18.2 Å². The molecule has 0 atom stereocenters. The fourth-order valence-electron chi connectivity index (χ4n) is 1.97. The standard InChI is InChI=1S/C14H13N5O/c1-20-14-11(15)13(17-8-18-14)19-10-6-2-4-9-5-3-7-16-12(9)10/h2-8H,15H2,1H3,(H,17,18,19). The Morgan fingerprint density at radius 1 is 1.10 bits per heavy atom. The molecule has 0 aliphatic carbocycles. The molecule has 1 aromatic carbocycles. The first kappa shape index (κ1) is 12.2. The van der Waals surface area contributed by atoms with Crippen molar-refractivity contribution < 1.29 is 4.74 Å². The average molecular weight is 267 g/mol. The molecule has 0 saturated heterocycles. The molecule has 0 spiro atoms. The van der Waals surface area contributed by atoms with Crippen LogP contribution in [0.15, 0.2) is 42.9 Å². The summed E-state index contributed by atoms with van der Waals surface area (Å²) in [5, 5.41) is 4.21. The third-order valence-corrected chi connectivity index (χ3v) is 2.93. The van der Waals surface area contributed by atoms with Gasteiger partial charge in [-0.15, -0.1) is 0 Å². The quantitative estimate of drug-likeness (QED) is 0.757. The molecule has 3 N–H and O–H groups in total. The molecular weight excluding hydrogens is 254 g/mol. The van der Waals surface area contributed by atoms with Crippen LogP contribution in [0.1, 0.15) is 0 Å². The summed E-state index contributed by atoms with van der Waals surface area (Å²) in [4.78, 5) is 12.5. The molecule has 0 amide bonds. The number of hydrogen-bond donors (Lipinski definition) is 2. The molecule has 3 aromatic rings. The van der Waals surface area contributed by atoms with Crippen LogP contribution < -0.4 is 15.8 Å². The molecular formula is C14H13N5O. The van der Waals surface area contributed by atoms with Gasteiger partial charge in [-0.3, -0.25) is 4.98 Å². The Morgan fingerprint density at radius 2 is 1.95 bits per heavy atom. The van der Waals surface area contributed by atoms with Gasteiger partial charge in [0.1, 0.15) is 12.0 Å². The van der Waals surface area contributed by atoms with Gasteiger partial charge in [-0.2, -0.15) is 4.98 Å². The van der Waals surface area contributed by atoms with Crippen LogP contribution in [-0.2, 0) is 0 Å². The molecule has 0 bridgehead atoms. The number of anilines is 3. The highest BCUT2D eigenvalue weighted by Gasteiger charge is 2.10. The van der Waals surface area contributed by atoms with E-state index in [-0.39, 0.29) is 0 Å². The van der Waals surface area contributed by atoms with Crippen LogP contribution in [0.4, 0.5) is 17.2 Å². The lowest BCUT2D eigenvalue weighted by atomic mass is 10.2. The molecule has 100 valence electrons. The minimum absolute atomic E-state index is 0.343. The van der Waals surface area contributed by atoms with E-state index < -0.39 is 0 Å². The van der Waals surface area contributed by atoms with E-state index in [4.69, 9.17) is 10.5 Å². The summed E-state index contributed by atoms with van der Waals surface area (Å²) in [6.45, 7) is 0. The van der Waals surface area contributed by atoms with Gasteiger partial charge in [0.25, 0.3) is 0 Å². The van der Waals surface area contributed by atoms with Gasteiger partial charge in [0.2, 0.25) is 5.88 Å². The monoisotopic (exact) mass is 267 g/mol. The van der Waals surface area contributed by atoms with Crippen LogP contribution in [0.2, 0.25) is 0 Å². The van der Waals surface area contributed by atoms with Crippen molar-refractivity contribution in [2.45, 2.75) is 0 Å². The number of hydrogen-bond acceptors (Lipinski definition) is 6. The van der Waals surface area contributed by atoms with Crippen LogP contribution in [0.5, 0.6) is 5.88 Å². The first-order valence-corrected chi connectivity index (χ1v) is 6.05. The van der Waals surface area contributed by atoms with Gasteiger partial charge in [-0.1, -0.05) is 18.2 Å². The molecule has 0 saturated carbocycles. The lowest BCUT2D eigenvalue weighted by Gasteiger charge is -2.11. The molecule has 6 nitrogen and oxygen atoms in total. The molecule has 0 aliphatic heterocycles. The second kappa shape index (κ2) is 5.00. The number of rotatable bonds is 3. The lowest BCUT2D eigenvalue weighted by molar-refractivity contribution is 0.399. The summed E-state index contributed by atoms with van der Waals surface area (Å²) in [6, 6.07) is 9.76. The molecule has 0 aliphatic rings. The van der Waals surface area contributed by atoms with Crippen LogP contribution >= 0.6 is 0 Å². The molecule has 2 heterocycles. The fourth-order valence-corrected chi connectivity index (χ4v) is 1.97. The normalized spacial score (nSPS) is 10.4. The Hall–Kier alpha value is -2.89. The number of benzene rings is 1. The molecule has 20 heavy (non-hydrogen) atoms. The number of pyridine rings is 1. The maximum absolute atomic E-state index is 5.95. The smallest absolute Gasteiger partial charge is 0.242 e. The molecule has 0 radical (unpaired) electrons. The Balaban J connectivity index is 2.06. The molecule has 3 rings (SSSR count). The third-order valence-electron chi connectivity index (χ3n) is 2.93. The minimum atomic E-state index is 0.343. The third kappa shape index (κ3) is 2.07. The van der Waals surface area contributed by atoms with Crippen molar-refractivity contribution in [1.82, 2.24) is 15.0 Å². The second-order valence-electron chi connectivity index (χ2n) is 4.15. The topological polar surface area (TPSA) is 86.0 Å². The van der Waals surface area contributed by atoms with Gasteiger partial charge in [0.15, 0.2) is 5.82 Å². The van der Waals surface area contributed by atoms with E-state index in [0.29, 0.717) is 17.4 Å². The molecule has 2 aromatic heterocycles. The summed E-state index contributed by atoms with van der Waals surface area (Å²) >= 11 is 0. The van der Waals surface area contributed by atoms with Crippen LogP contribution in [0.25, 0.3) is 10.9 Å². The van der Waals surface area contributed by atoms with Gasteiger partial charge in [-0.25, -0.2) is 4.98 Å². The summed E-state index contributed by atoms with van der Waals surface area (Å²) in [5.41, 5.74) is 8.00. The summed E-state index contributed by atoms with van der Waals surface area (Å²) < 4.78 is 5.08. The number of methoxy groups -OCH3 is 1. The zero-order chi connectivity index (χ0) is 13.9. The first-order valence-electron chi connectivity index (χ1n) is 6.05. The summed E-state index contributed by atoms with van der Waals surface area (Å²) in [7, 11) is 1.52. The predicted octanol–water partition coefficient (Wildman–Crippen LogP) is 2.36. The van der Waals surface area contributed by atoms with E-state index in [0.717, 1.165) is 16.6 Å². The molecule has 0 fully saturated rings. The highest BCUT2D eigenvalue weighted by molar-refractivity contribution is 5.92. The Morgan fingerprint density at radius 3 is 2.80 bits per heavy atom. The Kier molecular flexibility index (Phi) is 3.04. The summed E-state index contributed by atoms with van der Waals surface area (Å²) in [6.07, 6.45) is 3.15. The van der Waals surface area contributed by atoms with Gasteiger partial charge < -0.3 is 15.8 Å². The maximum Gasteiger partial charge on any atom is 0.242 e. The largest absolute Gasteiger partial charge is 0.479 e. The lowest BCUT2D eigenvalue weighted by Crippen LogP contribution is -2.03. The second-order valence-corrected chi connectivity index (χ2v) is 4.15. The number of ether oxygens (including phenoxy) is 1. The van der Waals surface area contributed by atoms with Crippen molar-refractivity contribution in [3.8, 4) is 5.88 Å². The highest BCUT2D eigenvalue weighted by Crippen LogP contribution is 2.29. The molecule has 6 heteroatoms. The maximum atomic E-state index is 5.95. The number of nitrogen functional groups attached to an aromatic ring is 1. The SMILES string of the molecule is COc1ncnc(Nc2cccc3cccnc23)c1N. The first-order chi connectivity index (χ1) is 9.79. The number of nitrogens with one attached hydrogen (secondary N) is 1. The predicted molar refractivity (Wildman–Crippen MR) is 78.0 cm³/mol. The van der Waals surface area contributed by atoms with E-state index in [2.05, 4.69) is 20.3 Å². The van der Waals surface area contributed by atoms with Gasteiger partial charge in [-0.05, 0) is 12.1 Å². The van der Waals surface area contributed by atoms with Crippen molar-refractivity contribution in [1.29, 1.82) is 0 Å². The number of aromatic nitrogens is 3. The highest BCUT2D eigenvalue weighted by atomic mass is 16.5. The Bertz CT molecular complexity index is 754. The van der Waals surface area contributed by atoms with E-state index in [1.54, 1.807) is 6.20 Å². The zero-order valence-electron chi connectivity index (χ0n) is 10.9. The van der Waals surface area contributed by atoms with E-state index >= 15 is 0 Å². The van der Waals surface area contributed by atoms with Crippen molar-refractivity contribution in [3.05, 3.63) is 42.9 Å². The van der Waals surface area contributed by atoms with Gasteiger partial charge >= 0.3 is 0 Å². The summed E-state index contributed by atoms with van der Waals surface area (Å²) in [5.74, 6) is 0.839. The van der Waals surface area contributed by atoms with Crippen molar-refractivity contribution >= 4 is 28.1 Å².